The van der Waals surface area contributed by atoms with Crippen molar-refractivity contribution in [1.29, 1.82) is 0 Å². The van der Waals surface area contributed by atoms with Crippen molar-refractivity contribution in [3.63, 3.8) is 0 Å². The third-order valence-corrected chi connectivity index (χ3v) is 2.67. The van der Waals surface area contributed by atoms with Gasteiger partial charge in [-0.3, -0.25) is 4.79 Å². The second kappa shape index (κ2) is 6.10. The highest BCUT2D eigenvalue weighted by Gasteiger charge is 2.16. The summed E-state index contributed by atoms with van der Waals surface area (Å²) in [6, 6.07) is 0. The number of aromatic nitrogens is 1. The molecule has 98 valence electrons. The first-order valence-corrected chi connectivity index (χ1v) is 5.88. The first kappa shape index (κ1) is 14.1. The van der Waals surface area contributed by atoms with Crippen molar-refractivity contribution >= 4 is 18.1 Å². The van der Waals surface area contributed by atoms with Crippen molar-refractivity contribution in [2.75, 3.05) is 0 Å². The number of carboxylic acid groups (broad SMARTS) is 1. The zero-order chi connectivity index (χ0) is 13.7. The van der Waals surface area contributed by atoms with Crippen molar-refractivity contribution in [3.05, 3.63) is 34.9 Å². The van der Waals surface area contributed by atoms with Crippen LogP contribution in [0.2, 0.25) is 0 Å². The Morgan fingerprint density at radius 2 is 2.17 bits per heavy atom. The van der Waals surface area contributed by atoms with Crippen LogP contribution in [-0.4, -0.2) is 21.2 Å². The van der Waals surface area contributed by atoms with E-state index in [2.05, 4.69) is 4.98 Å². The summed E-state index contributed by atoms with van der Waals surface area (Å²) in [5, 5.41) is 18.3. The van der Waals surface area contributed by atoms with Crippen LogP contribution in [0.3, 0.4) is 0 Å². The van der Waals surface area contributed by atoms with Gasteiger partial charge in [-0.15, -0.1) is 0 Å². The van der Waals surface area contributed by atoms with Crippen LogP contribution >= 0.6 is 0 Å². The van der Waals surface area contributed by atoms with E-state index in [1.165, 1.54) is 0 Å². The van der Waals surface area contributed by atoms with E-state index in [4.69, 9.17) is 5.11 Å². The predicted octanol–water partition coefficient (Wildman–Crippen LogP) is 3.23. The van der Waals surface area contributed by atoms with Crippen molar-refractivity contribution in [3.8, 4) is 0 Å². The topological polar surface area (TPSA) is 73.3 Å². The third kappa shape index (κ3) is 3.52. The molecule has 0 aliphatic heterocycles. The van der Waals surface area contributed by atoms with Crippen LogP contribution in [0.25, 0.3) is 12.2 Å². The fourth-order valence-corrected chi connectivity index (χ4v) is 1.76. The highest BCUT2D eigenvalue weighted by molar-refractivity contribution is 5.71. The number of aliphatic hydroxyl groups excluding tert-OH is 1. The molecule has 0 saturated carbocycles. The van der Waals surface area contributed by atoms with Gasteiger partial charge in [-0.2, -0.15) is 0 Å². The van der Waals surface area contributed by atoms with Crippen LogP contribution < -0.4 is 0 Å². The fourth-order valence-electron chi connectivity index (χ4n) is 1.76. The van der Waals surface area contributed by atoms with E-state index in [0.29, 0.717) is 6.42 Å². The smallest absolute Gasteiger partial charge is 0.306 e. The molecular formula is C14H19NO3. The Morgan fingerprint density at radius 3 is 2.67 bits per heavy atom. The second-order valence-electron chi connectivity index (χ2n) is 4.37. The summed E-state index contributed by atoms with van der Waals surface area (Å²) < 4.78 is 0. The number of aliphatic hydroxyl groups is 1. The summed E-state index contributed by atoms with van der Waals surface area (Å²) in [5.41, 5.74) is 2.62. The first-order valence-electron chi connectivity index (χ1n) is 5.88. The maximum Gasteiger partial charge on any atom is 0.306 e. The number of hydrogen-bond donors (Lipinski definition) is 3. The van der Waals surface area contributed by atoms with Gasteiger partial charge >= 0.3 is 5.97 Å². The van der Waals surface area contributed by atoms with Gasteiger partial charge in [-0.25, -0.2) is 0 Å². The number of allylic oxidation sites excluding steroid dienone is 2. The molecule has 0 saturated heterocycles. The van der Waals surface area contributed by atoms with E-state index in [0.717, 1.165) is 16.8 Å². The molecule has 4 nitrogen and oxygen atoms in total. The summed E-state index contributed by atoms with van der Waals surface area (Å²) >= 11 is 0. The summed E-state index contributed by atoms with van der Waals surface area (Å²) in [6.45, 7) is 5.17. The van der Waals surface area contributed by atoms with Crippen LogP contribution in [0.1, 0.15) is 37.6 Å². The quantitative estimate of drug-likeness (QED) is 0.701. The monoisotopic (exact) mass is 249 g/mol. The van der Waals surface area contributed by atoms with Gasteiger partial charge in [0.1, 0.15) is 0 Å². The minimum absolute atomic E-state index is 0.199. The Kier molecular flexibility index (Phi) is 4.77. The molecule has 1 aromatic heterocycles. The molecule has 0 aliphatic rings. The maximum atomic E-state index is 10.9. The van der Waals surface area contributed by atoms with E-state index < -0.39 is 11.9 Å². The number of H-pyrrole nitrogens is 1. The maximum absolute atomic E-state index is 10.9. The average molecular weight is 249 g/mol. The van der Waals surface area contributed by atoms with Gasteiger partial charge in [0, 0.05) is 17.5 Å². The Labute approximate surface area is 107 Å². The van der Waals surface area contributed by atoms with Crippen molar-refractivity contribution < 1.29 is 15.0 Å². The predicted molar refractivity (Wildman–Crippen MR) is 72.3 cm³/mol. The van der Waals surface area contributed by atoms with Crippen LogP contribution in [0.5, 0.6) is 0 Å². The number of hydrogen-bond acceptors (Lipinski definition) is 2. The van der Waals surface area contributed by atoms with E-state index in [9.17, 15) is 9.90 Å². The molecule has 0 bridgehead atoms. The standard InChI is InChI=1S/C14H19NO3/c1-4-5-13-12(7-10(3)16)11(8-15-13)6-9(2)14(17)18/h4-5,7-9,15-16H,6H2,1-3H3,(H,17,18)/b5-4-,10-7+/t9-/m0/s1. The lowest BCUT2D eigenvalue weighted by atomic mass is 9.99. The Hall–Kier alpha value is -1.97. The lowest BCUT2D eigenvalue weighted by molar-refractivity contribution is -0.141. The van der Waals surface area contributed by atoms with Crippen molar-refractivity contribution in [2.45, 2.75) is 27.2 Å². The van der Waals surface area contributed by atoms with Crippen molar-refractivity contribution in [1.82, 2.24) is 4.98 Å². The SMILES string of the molecule is C/C=C\c1[nH]cc(C[C@H](C)C(=O)O)c1/C=C(\C)O. The van der Waals surface area contributed by atoms with Crippen molar-refractivity contribution in [2.24, 2.45) is 5.92 Å². The molecule has 3 N–H and O–H groups in total. The molecular weight excluding hydrogens is 230 g/mol. The Balaban J connectivity index is 3.12. The van der Waals surface area contributed by atoms with Crippen LogP contribution in [0.4, 0.5) is 0 Å². The zero-order valence-electron chi connectivity index (χ0n) is 10.9. The Morgan fingerprint density at radius 1 is 1.50 bits per heavy atom. The van der Waals surface area contributed by atoms with Crippen LogP contribution in [0, 0.1) is 5.92 Å². The lowest BCUT2D eigenvalue weighted by Crippen LogP contribution is -2.12. The zero-order valence-corrected chi connectivity index (χ0v) is 10.9. The molecule has 0 spiro atoms. The van der Waals surface area contributed by atoms with Gasteiger partial charge in [0.2, 0.25) is 0 Å². The lowest BCUT2D eigenvalue weighted by Gasteiger charge is -2.06. The third-order valence-electron chi connectivity index (χ3n) is 2.67. The van der Waals surface area contributed by atoms with Gasteiger partial charge in [-0.05, 0) is 38.0 Å². The fraction of sp³-hybridized carbons (Fsp3) is 0.357. The molecule has 1 atom stereocenters. The number of carboxylic acids is 1. The summed E-state index contributed by atoms with van der Waals surface area (Å²) in [7, 11) is 0. The molecule has 0 unspecified atom stereocenters. The molecule has 1 rings (SSSR count). The minimum atomic E-state index is -0.820. The minimum Gasteiger partial charge on any atom is -0.513 e. The molecule has 0 aliphatic carbocycles. The Bertz CT molecular complexity index is 479. The first-order chi connectivity index (χ1) is 8.45. The van der Waals surface area contributed by atoms with Gasteiger partial charge < -0.3 is 15.2 Å². The van der Waals surface area contributed by atoms with E-state index in [1.54, 1.807) is 26.1 Å². The summed E-state index contributed by atoms with van der Waals surface area (Å²) in [5.74, 6) is -1.07. The molecule has 0 fully saturated rings. The second-order valence-corrected chi connectivity index (χ2v) is 4.37. The average Bonchev–Trinajstić information content (AvgIpc) is 2.62. The van der Waals surface area contributed by atoms with E-state index in [-0.39, 0.29) is 5.76 Å². The largest absolute Gasteiger partial charge is 0.513 e. The molecule has 1 heterocycles. The van der Waals surface area contributed by atoms with Gasteiger partial charge in [0.15, 0.2) is 0 Å². The highest BCUT2D eigenvalue weighted by atomic mass is 16.4. The number of aliphatic carboxylic acids is 1. The van der Waals surface area contributed by atoms with E-state index in [1.807, 2.05) is 19.1 Å². The van der Waals surface area contributed by atoms with E-state index >= 15 is 0 Å². The van der Waals surface area contributed by atoms with Gasteiger partial charge in [0.25, 0.3) is 0 Å². The molecule has 0 aromatic carbocycles. The summed E-state index contributed by atoms with van der Waals surface area (Å²) in [4.78, 5) is 14.0. The van der Waals surface area contributed by atoms with Gasteiger partial charge in [0.05, 0.1) is 11.7 Å². The van der Waals surface area contributed by atoms with Crippen LogP contribution in [0.15, 0.2) is 18.0 Å². The molecule has 0 radical (unpaired) electrons. The van der Waals surface area contributed by atoms with Crippen LogP contribution in [-0.2, 0) is 11.2 Å². The number of carbonyl (C=O) groups is 1. The number of aromatic amines is 1. The highest BCUT2D eigenvalue weighted by Crippen LogP contribution is 2.22. The molecule has 18 heavy (non-hydrogen) atoms. The number of rotatable bonds is 5. The summed E-state index contributed by atoms with van der Waals surface area (Å²) in [6.07, 6.45) is 7.66. The van der Waals surface area contributed by atoms with Gasteiger partial charge in [-0.1, -0.05) is 13.0 Å². The molecule has 4 heteroatoms. The normalized spacial score (nSPS) is 14.1. The number of nitrogens with one attached hydrogen (secondary N) is 1. The molecule has 1 aromatic rings. The molecule has 0 amide bonds.